The van der Waals surface area contributed by atoms with Crippen LogP contribution in [0.25, 0.3) is 22.1 Å². The van der Waals surface area contributed by atoms with Gasteiger partial charge in [-0.05, 0) is 42.7 Å². The first kappa shape index (κ1) is 22.8. The van der Waals surface area contributed by atoms with E-state index in [9.17, 15) is 14.4 Å². The van der Waals surface area contributed by atoms with Gasteiger partial charge >= 0.3 is 17.7 Å². The number of carbonyl (C=O) groups excluding carboxylic acids is 2. The van der Waals surface area contributed by atoms with Crippen molar-refractivity contribution in [2.24, 2.45) is 0 Å². The van der Waals surface area contributed by atoms with Crippen LogP contribution in [0.15, 0.2) is 88.1 Å². The minimum Gasteiger partial charge on any atom is -0.445 e. The summed E-state index contributed by atoms with van der Waals surface area (Å²) in [6.45, 7) is 3.38. The Morgan fingerprint density at radius 2 is 1.65 bits per heavy atom. The van der Waals surface area contributed by atoms with E-state index < -0.39 is 23.7 Å². The fourth-order valence-electron chi connectivity index (χ4n) is 3.52. The largest absolute Gasteiger partial charge is 0.445 e. The maximum atomic E-state index is 12.8. The minimum absolute atomic E-state index is 0.0798. The van der Waals surface area contributed by atoms with Gasteiger partial charge in [0.2, 0.25) is 0 Å². The average molecular weight is 457 g/mol. The van der Waals surface area contributed by atoms with E-state index in [1.807, 2.05) is 60.7 Å². The van der Waals surface area contributed by atoms with E-state index >= 15 is 0 Å². The number of hydrogen-bond donors (Lipinski definition) is 1. The summed E-state index contributed by atoms with van der Waals surface area (Å²) in [5.74, 6) is -0.456. The molecular formula is C27H23NO6. The lowest BCUT2D eigenvalue weighted by molar-refractivity contribution is -0.136. The average Bonchev–Trinajstić information content (AvgIpc) is 2.83. The molecule has 4 aromatic rings. The molecule has 0 radical (unpaired) electrons. The number of carbonyl (C=O) groups is 2. The van der Waals surface area contributed by atoms with Crippen LogP contribution >= 0.6 is 0 Å². The molecule has 1 atom stereocenters. The van der Waals surface area contributed by atoms with Gasteiger partial charge in [-0.2, -0.15) is 0 Å². The van der Waals surface area contributed by atoms with Crippen molar-refractivity contribution in [1.82, 2.24) is 5.32 Å². The van der Waals surface area contributed by atoms with E-state index in [2.05, 4.69) is 5.32 Å². The molecule has 7 nitrogen and oxygen atoms in total. The van der Waals surface area contributed by atoms with Crippen LogP contribution in [0.2, 0.25) is 0 Å². The zero-order chi connectivity index (χ0) is 24.1. The number of benzene rings is 3. The predicted octanol–water partition coefficient (Wildman–Crippen LogP) is 4.99. The summed E-state index contributed by atoms with van der Waals surface area (Å²) in [5, 5.41) is 2.97. The van der Waals surface area contributed by atoms with E-state index in [4.69, 9.17) is 13.9 Å². The van der Waals surface area contributed by atoms with Crippen molar-refractivity contribution in [2.45, 2.75) is 26.5 Å². The van der Waals surface area contributed by atoms with Gasteiger partial charge in [0, 0.05) is 11.6 Å². The summed E-state index contributed by atoms with van der Waals surface area (Å²) in [4.78, 5) is 37.1. The molecule has 34 heavy (non-hydrogen) atoms. The van der Waals surface area contributed by atoms with Gasteiger partial charge in [0.25, 0.3) is 0 Å². The van der Waals surface area contributed by atoms with Crippen LogP contribution in [0.3, 0.4) is 0 Å². The topological polar surface area (TPSA) is 94.8 Å². The van der Waals surface area contributed by atoms with Crippen molar-refractivity contribution >= 4 is 23.0 Å². The molecule has 0 spiro atoms. The van der Waals surface area contributed by atoms with Crippen LogP contribution < -0.4 is 15.7 Å². The Labute approximate surface area is 195 Å². The van der Waals surface area contributed by atoms with Crippen LogP contribution in [0.5, 0.6) is 5.75 Å². The molecule has 1 N–H and O–H groups in total. The maximum Gasteiger partial charge on any atom is 0.408 e. The summed E-state index contributed by atoms with van der Waals surface area (Å²) >= 11 is 0. The highest BCUT2D eigenvalue weighted by molar-refractivity contribution is 5.99. The lowest BCUT2D eigenvalue weighted by Gasteiger charge is -2.16. The smallest absolute Gasteiger partial charge is 0.408 e. The number of esters is 1. The number of alkyl carbamates (subject to hydrolysis) is 1. The normalized spacial score (nSPS) is 11.6. The highest BCUT2D eigenvalue weighted by Crippen LogP contribution is 2.35. The molecule has 0 bridgehead atoms. The highest BCUT2D eigenvalue weighted by atomic mass is 16.6. The van der Waals surface area contributed by atoms with Crippen LogP contribution in [0, 0.1) is 6.92 Å². The standard InChI is InChI=1S/C27H23NO6/c1-17-13-22-25(21(15-24(29)33-22)20-11-7-4-8-12-20)23(14-17)34-26(30)18(2)28-27(31)32-16-19-9-5-3-6-10-19/h3-15,18H,16H2,1-2H3,(H,28,31)/t18-/m0/s1. The third kappa shape index (κ3) is 5.32. The SMILES string of the molecule is Cc1cc(OC(=O)[C@H](C)NC(=O)OCc2ccccc2)c2c(-c3ccccc3)cc(=O)oc2c1. The number of rotatable bonds is 6. The molecule has 0 unspecified atom stereocenters. The summed E-state index contributed by atoms with van der Waals surface area (Å²) in [6.07, 6.45) is -0.738. The Bertz CT molecular complexity index is 1380. The molecule has 0 saturated heterocycles. The van der Waals surface area contributed by atoms with Crippen LogP contribution in [0.4, 0.5) is 4.79 Å². The lowest BCUT2D eigenvalue weighted by Crippen LogP contribution is -2.41. The zero-order valence-electron chi connectivity index (χ0n) is 18.7. The molecule has 1 heterocycles. The molecule has 0 aliphatic carbocycles. The van der Waals surface area contributed by atoms with Crippen LogP contribution in [0.1, 0.15) is 18.1 Å². The number of aryl methyl sites for hydroxylation is 1. The van der Waals surface area contributed by atoms with E-state index in [-0.39, 0.29) is 12.4 Å². The number of nitrogens with one attached hydrogen (secondary N) is 1. The number of amides is 1. The first-order valence-corrected chi connectivity index (χ1v) is 10.7. The zero-order valence-corrected chi connectivity index (χ0v) is 18.7. The second-order valence-electron chi connectivity index (χ2n) is 7.83. The van der Waals surface area contributed by atoms with Crippen LogP contribution in [-0.4, -0.2) is 18.1 Å². The predicted molar refractivity (Wildman–Crippen MR) is 128 cm³/mol. The van der Waals surface area contributed by atoms with Crippen LogP contribution in [-0.2, 0) is 16.1 Å². The summed E-state index contributed by atoms with van der Waals surface area (Å²) < 4.78 is 16.2. The summed E-state index contributed by atoms with van der Waals surface area (Å²) in [6, 6.07) is 22.3. The molecule has 0 fully saturated rings. The van der Waals surface area contributed by atoms with E-state index in [1.54, 1.807) is 19.1 Å². The first-order valence-electron chi connectivity index (χ1n) is 10.7. The lowest BCUT2D eigenvalue weighted by atomic mass is 10.0. The molecule has 0 aliphatic rings. The summed E-state index contributed by atoms with van der Waals surface area (Å²) in [7, 11) is 0. The van der Waals surface area contributed by atoms with E-state index in [0.29, 0.717) is 16.5 Å². The van der Waals surface area contributed by atoms with Crippen molar-refractivity contribution in [2.75, 3.05) is 0 Å². The first-order chi connectivity index (χ1) is 16.4. The Morgan fingerprint density at radius 1 is 0.971 bits per heavy atom. The van der Waals surface area contributed by atoms with Crippen molar-refractivity contribution in [1.29, 1.82) is 0 Å². The van der Waals surface area contributed by atoms with Crippen molar-refractivity contribution < 1.29 is 23.5 Å². The second kappa shape index (κ2) is 10.0. The van der Waals surface area contributed by atoms with Gasteiger partial charge in [-0.1, -0.05) is 60.7 Å². The van der Waals surface area contributed by atoms with Gasteiger partial charge in [-0.25, -0.2) is 14.4 Å². The van der Waals surface area contributed by atoms with Gasteiger partial charge in [0.05, 0.1) is 5.39 Å². The third-order valence-corrected chi connectivity index (χ3v) is 5.15. The third-order valence-electron chi connectivity index (χ3n) is 5.15. The fourth-order valence-corrected chi connectivity index (χ4v) is 3.52. The monoisotopic (exact) mass is 457 g/mol. The fraction of sp³-hybridized carbons (Fsp3) is 0.148. The number of fused-ring (bicyclic) bond motifs is 1. The minimum atomic E-state index is -0.977. The number of ether oxygens (including phenoxy) is 2. The van der Waals surface area contributed by atoms with Gasteiger partial charge in [-0.15, -0.1) is 0 Å². The van der Waals surface area contributed by atoms with Gasteiger partial charge in [-0.3, -0.25) is 0 Å². The maximum absolute atomic E-state index is 12.8. The second-order valence-corrected chi connectivity index (χ2v) is 7.83. The molecular weight excluding hydrogens is 434 g/mol. The Hall–Kier alpha value is -4.39. The Morgan fingerprint density at radius 3 is 2.35 bits per heavy atom. The molecule has 4 rings (SSSR count). The van der Waals surface area contributed by atoms with E-state index in [0.717, 1.165) is 16.7 Å². The van der Waals surface area contributed by atoms with Gasteiger partial charge in [0.15, 0.2) is 0 Å². The summed E-state index contributed by atoms with van der Waals surface area (Å²) in [5.41, 5.74) is 2.72. The molecule has 172 valence electrons. The van der Waals surface area contributed by atoms with Crippen molar-refractivity contribution in [3.63, 3.8) is 0 Å². The van der Waals surface area contributed by atoms with Crippen molar-refractivity contribution in [3.8, 4) is 16.9 Å². The molecule has 1 amide bonds. The Balaban J connectivity index is 1.55. The van der Waals surface area contributed by atoms with Crippen molar-refractivity contribution in [3.05, 3.63) is 100 Å². The molecule has 0 saturated carbocycles. The van der Waals surface area contributed by atoms with Gasteiger partial charge < -0.3 is 19.2 Å². The molecule has 3 aromatic carbocycles. The molecule has 7 heteroatoms. The highest BCUT2D eigenvalue weighted by Gasteiger charge is 2.22. The quantitative estimate of drug-likeness (QED) is 0.249. The Kier molecular flexibility index (Phi) is 6.73. The number of hydrogen-bond acceptors (Lipinski definition) is 6. The van der Waals surface area contributed by atoms with Gasteiger partial charge in [0.1, 0.15) is 24.0 Å². The molecule has 0 aliphatic heterocycles. The molecule has 1 aromatic heterocycles. The van der Waals surface area contributed by atoms with E-state index in [1.165, 1.54) is 13.0 Å².